The normalized spacial score (nSPS) is 14.6. The summed E-state index contributed by atoms with van der Waals surface area (Å²) in [5, 5.41) is 0. The van der Waals surface area contributed by atoms with E-state index in [1.54, 1.807) is 38.6 Å². The molecule has 8 nitrogen and oxygen atoms in total. The second-order valence-electron chi connectivity index (χ2n) is 6.56. The molecule has 0 radical (unpaired) electrons. The lowest BCUT2D eigenvalue weighted by atomic mass is 10.1. The van der Waals surface area contributed by atoms with Crippen molar-refractivity contribution in [3.63, 3.8) is 0 Å². The maximum Gasteiger partial charge on any atom is 0.326 e. The van der Waals surface area contributed by atoms with Crippen LogP contribution in [0.25, 0.3) is 11.0 Å². The Hall–Kier alpha value is -3.29. The molecule has 1 saturated heterocycles. The molecule has 1 fully saturated rings. The van der Waals surface area contributed by atoms with E-state index in [4.69, 9.17) is 4.74 Å². The van der Waals surface area contributed by atoms with Gasteiger partial charge in [0.15, 0.2) is 0 Å². The van der Waals surface area contributed by atoms with Crippen molar-refractivity contribution in [2.24, 2.45) is 7.05 Å². The number of pyridine rings is 1. The van der Waals surface area contributed by atoms with Crippen molar-refractivity contribution in [2.75, 3.05) is 38.2 Å². The molecule has 27 heavy (non-hydrogen) atoms. The summed E-state index contributed by atoms with van der Waals surface area (Å²) in [6.45, 7) is 2.68. The second kappa shape index (κ2) is 6.79. The number of rotatable bonds is 3. The number of imidazole rings is 1. The molecule has 3 heterocycles. The topological polar surface area (TPSA) is 83.5 Å². The number of carbonyl (C=O) groups excluding carboxylic acids is 1. The number of aryl methyl sites for hydroxylation is 1. The monoisotopic (exact) mass is 367 g/mol. The van der Waals surface area contributed by atoms with E-state index in [9.17, 15) is 9.59 Å². The number of ether oxygens (including phenoxy) is 1. The Morgan fingerprint density at radius 2 is 1.93 bits per heavy atom. The number of aromatic nitrogens is 3. The van der Waals surface area contributed by atoms with Gasteiger partial charge in [-0.05, 0) is 30.3 Å². The summed E-state index contributed by atoms with van der Waals surface area (Å²) in [7, 11) is 3.32. The van der Waals surface area contributed by atoms with Crippen molar-refractivity contribution >= 4 is 22.8 Å². The van der Waals surface area contributed by atoms with Gasteiger partial charge in [0.1, 0.15) is 11.6 Å². The number of piperazine rings is 1. The van der Waals surface area contributed by atoms with E-state index in [1.165, 1.54) is 4.57 Å². The lowest BCUT2D eigenvalue weighted by Gasteiger charge is -2.35. The van der Waals surface area contributed by atoms with Gasteiger partial charge in [-0.1, -0.05) is 0 Å². The Balaban J connectivity index is 1.45. The van der Waals surface area contributed by atoms with Gasteiger partial charge in [-0.2, -0.15) is 0 Å². The Morgan fingerprint density at radius 3 is 2.59 bits per heavy atom. The predicted octanol–water partition coefficient (Wildman–Crippen LogP) is 1.23. The van der Waals surface area contributed by atoms with Crippen molar-refractivity contribution in [1.29, 1.82) is 0 Å². The molecule has 0 unspecified atom stereocenters. The van der Waals surface area contributed by atoms with Crippen LogP contribution in [0.3, 0.4) is 0 Å². The molecular formula is C19H21N5O3. The molecule has 1 aliphatic rings. The highest BCUT2D eigenvalue weighted by molar-refractivity contribution is 5.97. The number of benzene rings is 1. The minimum Gasteiger partial charge on any atom is -0.495 e. The van der Waals surface area contributed by atoms with Crippen LogP contribution in [-0.4, -0.2) is 58.6 Å². The molecule has 1 N–H and O–H groups in total. The zero-order chi connectivity index (χ0) is 19.0. The van der Waals surface area contributed by atoms with Crippen LogP contribution < -0.4 is 15.3 Å². The van der Waals surface area contributed by atoms with Gasteiger partial charge in [-0.15, -0.1) is 0 Å². The van der Waals surface area contributed by atoms with Gasteiger partial charge in [0, 0.05) is 38.8 Å². The molecular weight excluding hydrogens is 346 g/mol. The zero-order valence-corrected chi connectivity index (χ0v) is 15.3. The number of methoxy groups -OCH3 is 1. The van der Waals surface area contributed by atoms with Gasteiger partial charge < -0.3 is 19.5 Å². The molecule has 0 spiro atoms. The Labute approximate surface area is 156 Å². The summed E-state index contributed by atoms with van der Waals surface area (Å²) in [6, 6.07) is 9.13. The number of nitrogens with one attached hydrogen (secondary N) is 1. The number of fused-ring (bicyclic) bond motifs is 1. The molecule has 0 saturated carbocycles. The predicted molar refractivity (Wildman–Crippen MR) is 102 cm³/mol. The van der Waals surface area contributed by atoms with Gasteiger partial charge >= 0.3 is 5.69 Å². The summed E-state index contributed by atoms with van der Waals surface area (Å²) in [6.07, 6.45) is 1.70. The van der Waals surface area contributed by atoms with E-state index in [1.807, 2.05) is 17.0 Å². The lowest BCUT2D eigenvalue weighted by Crippen LogP contribution is -2.49. The molecule has 2 aromatic heterocycles. The van der Waals surface area contributed by atoms with Crippen LogP contribution in [0.1, 0.15) is 10.4 Å². The highest BCUT2D eigenvalue weighted by Crippen LogP contribution is 2.19. The van der Waals surface area contributed by atoms with Crippen molar-refractivity contribution in [2.45, 2.75) is 0 Å². The van der Waals surface area contributed by atoms with Crippen molar-refractivity contribution in [1.82, 2.24) is 19.4 Å². The van der Waals surface area contributed by atoms with E-state index in [-0.39, 0.29) is 11.6 Å². The molecule has 1 aromatic carbocycles. The van der Waals surface area contributed by atoms with Crippen LogP contribution in [0.15, 0.2) is 41.3 Å². The lowest BCUT2D eigenvalue weighted by molar-refractivity contribution is 0.0746. The third-order valence-electron chi connectivity index (χ3n) is 5.00. The first-order chi connectivity index (χ1) is 13.1. The van der Waals surface area contributed by atoms with Gasteiger partial charge in [0.25, 0.3) is 5.91 Å². The first-order valence-corrected chi connectivity index (χ1v) is 8.80. The maximum absolute atomic E-state index is 12.8. The second-order valence-corrected chi connectivity index (χ2v) is 6.56. The third kappa shape index (κ3) is 3.14. The zero-order valence-electron chi connectivity index (χ0n) is 15.3. The van der Waals surface area contributed by atoms with Gasteiger partial charge in [-0.3, -0.25) is 9.36 Å². The maximum atomic E-state index is 12.8. The molecule has 0 aliphatic carbocycles. The van der Waals surface area contributed by atoms with Gasteiger partial charge in [0.05, 0.1) is 24.3 Å². The van der Waals surface area contributed by atoms with Crippen molar-refractivity contribution in [3.05, 3.63) is 52.6 Å². The molecule has 3 aromatic rings. The van der Waals surface area contributed by atoms with E-state index in [0.29, 0.717) is 24.2 Å². The van der Waals surface area contributed by atoms with E-state index in [2.05, 4.69) is 14.9 Å². The standard InChI is InChI=1S/C19H21N5O3/c1-22-16-5-3-13(11-15(16)21-19(22)26)18(25)24-9-7-23(8-10-24)17-6-4-14(27-2)12-20-17/h3-6,11-12H,7-10H2,1-2H3,(H,21,26). The molecule has 8 heteroatoms. The number of H-pyrrole nitrogens is 1. The Kier molecular flexibility index (Phi) is 4.31. The number of hydrogen-bond donors (Lipinski definition) is 1. The molecule has 0 atom stereocenters. The first-order valence-electron chi connectivity index (χ1n) is 8.80. The minimum atomic E-state index is -0.185. The molecule has 0 bridgehead atoms. The largest absolute Gasteiger partial charge is 0.495 e. The van der Waals surface area contributed by atoms with E-state index < -0.39 is 0 Å². The van der Waals surface area contributed by atoms with E-state index >= 15 is 0 Å². The van der Waals surface area contributed by atoms with E-state index in [0.717, 1.165) is 30.2 Å². The quantitative estimate of drug-likeness (QED) is 0.753. The van der Waals surface area contributed by atoms with Crippen LogP contribution in [0.2, 0.25) is 0 Å². The van der Waals surface area contributed by atoms with Crippen LogP contribution in [-0.2, 0) is 7.05 Å². The first kappa shape index (κ1) is 17.1. The number of aromatic amines is 1. The van der Waals surface area contributed by atoms with Crippen molar-refractivity contribution in [3.8, 4) is 5.75 Å². The SMILES string of the molecule is COc1ccc(N2CCN(C(=O)c3ccc4c(c3)[nH]c(=O)n4C)CC2)nc1. The number of amides is 1. The highest BCUT2D eigenvalue weighted by atomic mass is 16.5. The number of nitrogens with zero attached hydrogens (tertiary/aromatic N) is 4. The van der Waals surface area contributed by atoms with Gasteiger partial charge in [-0.25, -0.2) is 9.78 Å². The molecule has 1 aliphatic heterocycles. The summed E-state index contributed by atoms with van der Waals surface area (Å²) in [5.74, 6) is 1.58. The molecule has 4 rings (SSSR count). The number of carbonyl (C=O) groups is 1. The average molecular weight is 367 g/mol. The summed E-state index contributed by atoms with van der Waals surface area (Å²) in [4.78, 5) is 35.7. The Bertz CT molecular complexity index is 1030. The third-order valence-corrected chi connectivity index (χ3v) is 5.00. The van der Waals surface area contributed by atoms with Crippen LogP contribution in [0, 0.1) is 0 Å². The highest BCUT2D eigenvalue weighted by Gasteiger charge is 2.23. The fourth-order valence-corrected chi connectivity index (χ4v) is 3.37. The fraction of sp³-hybridized carbons (Fsp3) is 0.316. The number of hydrogen-bond acceptors (Lipinski definition) is 5. The van der Waals surface area contributed by atoms with Crippen LogP contribution >= 0.6 is 0 Å². The average Bonchev–Trinajstić information content (AvgIpc) is 3.01. The molecule has 140 valence electrons. The molecule has 1 amide bonds. The minimum absolute atomic E-state index is 0.0241. The summed E-state index contributed by atoms with van der Waals surface area (Å²) in [5.41, 5.74) is 1.86. The summed E-state index contributed by atoms with van der Waals surface area (Å²) >= 11 is 0. The van der Waals surface area contributed by atoms with Crippen molar-refractivity contribution < 1.29 is 9.53 Å². The summed E-state index contributed by atoms with van der Waals surface area (Å²) < 4.78 is 6.67. The van der Waals surface area contributed by atoms with Crippen LogP contribution in [0.5, 0.6) is 5.75 Å². The van der Waals surface area contributed by atoms with Gasteiger partial charge in [0.2, 0.25) is 0 Å². The van der Waals surface area contributed by atoms with Crippen LogP contribution in [0.4, 0.5) is 5.82 Å². The fourth-order valence-electron chi connectivity index (χ4n) is 3.37. The number of anilines is 1. The smallest absolute Gasteiger partial charge is 0.326 e. The Morgan fingerprint density at radius 1 is 1.15 bits per heavy atom.